The average Bonchev–Trinajstić information content (AvgIpc) is 2.25. The maximum Gasteiger partial charge on any atom is 0.573 e. The van der Waals surface area contributed by atoms with Gasteiger partial charge in [0.15, 0.2) is 11.4 Å². The highest BCUT2D eigenvalue weighted by atomic mass is 19.4. The molecule has 1 heterocycles. The van der Waals surface area contributed by atoms with E-state index in [1.54, 1.807) is 0 Å². The van der Waals surface area contributed by atoms with Gasteiger partial charge in [-0.2, -0.15) is 0 Å². The molecule has 106 valence electrons. The molecule has 1 rings (SSSR count). The Balaban J connectivity index is 3.41. The molecule has 19 heavy (non-hydrogen) atoms. The van der Waals surface area contributed by atoms with Crippen molar-refractivity contribution in [3.8, 4) is 5.75 Å². The molecule has 0 radical (unpaired) electrons. The largest absolute Gasteiger partial charge is 0.573 e. The molecule has 0 atom stereocenters. The molecule has 0 aromatic carbocycles. The number of carbonyl (C=O) groups is 1. The minimum Gasteiger partial charge on any atom is -0.476 e. The van der Waals surface area contributed by atoms with Gasteiger partial charge in [0, 0.05) is 12.1 Å². The molecular weight excluding hydrogens is 279 g/mol. The molecule has 0 fully saturated rings. The van der Waals surface area contributed by atoms with E-state index in [4.69, 9.17) is 10.8 Å². The fourth-order valence-electron chi connectivity index (χ4n) is 1.26. The predicted octanol–water partition coefficient (Wildman–Crippen LogP) is 2.07. The molecule has 1 aromatic heterocycles. The summed E-state index contributed by atoms with van der Waals surface area (Å²) in [6.45, 7) is -0.549. The minimum atomic E-state index is -5.23. The Kier molecular flexibility index (Phi) is 4.24. The first-order valence-electron chi connectivity index (χ1n) is 4.66. The van der Waals surface area contributed by atoms with Gasteiger partial charge >= 0.3 is 12.3 Å². The molecule has 0 amide bonds. The van der Waals surface area contributed by atoms with Crippen molar-refractivity contribution in [3.05, 3.63) is 23.0 Å². The molecule has 0 aliphatic carbocycles. The summed E-state index contributed by atoms with van der Waals surface area (Å²) in [5, 5.41) is 8.67. The molecule has 0 bridgehead atoms. The number of halogens is 5. The van der Waals surface area contributed by atoms with Crippen molar-refractivity contribution in [1.29, 1.82) is 0 Å². The molecule has 0 unspecified atom stereocenters. The van der Waals surface area contributed by atoms with Gasteiger partial charge in [-0.1, -0.05) is 0 Å². The molecule has 10 heteroatoms. The standard InChI is InChI=1S/C9H7F5N2O3/c10-7(11)3-1-5(19-9(12,13)14)6(8(17)18)16-4(3)2-15/h1,7H,2,15H2,(H,17,18). The fourth-order valence-corrected chi connectivity index (χ4v) is 1.26. The fraction of sp³-hybridized carbons (Fsp3) is 0.333. The van der Waals surface area contributed by atoms with E-state index in [0.717, 1.165) is 0 Å². The number of carboxylic acids is 1. The van der Waals surface area contributed by atoms with E-state index < -0.39 is 48.0 Å². The molecular formula is C9H7F5N2O3. The lowest BCUT2D eigenvalue weighted by atomic mass is 10.1. The van der Waals surface area contributed by atoms with Gasteiger partial charge in [-0.25, -0.2) is 18.6 Å². The monoisotopic (exact) mass is 286 g/mol. The summed E-state index contributed by atoms with van der Waals surface area (Å²) in [5.74, 6) is -3.16. The van der Waals surface area contributed by atoms with Crippen LogP contribution >= 0.6 is 0 Å². The first kappa shape index (κ1) is 15.1. The van der Waals surface area contributed by atoms with E-state index in [-0.39, 0.29) is 6.07 Å². The van der Waals surface area contributed by atoms with Gasteiger partial charge in [0.25, 0.3) is 6.43 Å². The number of nitrogens with zero attached hydrogens (tertiary/aromatic N) is 1. The highest BCUT2D eigenvalue weighted by Gasteiger charge is 2.34. The molecule has 1 aromatic rings. The number of hydrogen-bond donors (Lipinski definition) is 2. The van der Waals surface area contributed by atoms with Gasteiger partial charge in [-0.3, -0.25) is 0 Å². The second-order valence-electron chi connectivity index (χ2n) is 3.23. The molecule has 3 N–H and O–H groups in total. The SMILES string of the molecule is NCc1nc(C(=O)O)c(OC(F)(F)F)cc1C(F)F. The number of ether oxygens (including phenoxy) is 1. The van der Waals surface area contributed by atoms with E-state index in [2.05, 4.69) is 9.72 Å². The summed E-state index contributed by atoms with van der Waals surface area (Å²) in [7, 11) is 0. The van der Waals surface area contributed by atoms with Crippen LogP contribution in [0.2, 0.25) is 0 Å². The molecule has 0 saturated heterocycles. The van der Waals surface area contributed by atoms with Crippen LogP contribution in [0.5, 0.6) is 5.75 Å². The van der Waals surface area contributed by atoms with E-state index in [1.807, 2.05) is 0 Å². The number of pyridine rings is 1. The summed E-state index contributed by atoms with van der Waals surface area (Å²) < 4.78 is 64.7. The Bertz CT molecular complexity index is 489. The van der Waals surface area contributed by atoms with Crippen LogP contribution in [-0.2, 0) is 6.54 Å². The van der Waals surface area contributed by atoms with Crippen molar-refractivity contribution in [2.24, 2.45) is 5.73 Å². The Morgan fingerprint density at radius 1 is 1.47 bits per heavy atom. The number of alkyl halides is 5. The van der Waals surface area contributed by atoms with Crippen LogP contribution in [0.25, 0.3) is 0 Å². The van der Waals surface area contributed by atoms with E-state index in [0.29, 0.717) is 0 Å². The molecule has 5 nitrogen and oxygen atoms in total. The smallest absolute Gasteiger partial charge is 0.476 e. The third-order valence-electron chi connectivity index (χ3n) is 1.96. The highest BCUT2D eigenvalue weighted by molar-refractivity contribution is 5.88. The maximum atomic E-state index is 12.6. The summed E-state index contributed by atoms with van der Waals surface area (Å²) in [5.41, 5.74) is 2.52. The predicted molar refractivity (Wildman–Crippen MR) is 50.7 cm³/mol. The van der Waals surface area contributed by atoms with Gasteiger partial charge in [0.2, 0.25) is 0 Å². The number of rotatable bonds is 4. The van der Waals surface area contributed by atoms with Crippen LogP contribution in [0.4, 0.5) is 22.0 Å². The Morgan fingerprint density at radius 3 is 2.42 bits per heavy atom. The van der Waals surface area contributed by atoms with Crippen LogP contribution in [0.3, 0.4) is 0 Å². The Morgan fingerprint density at radius 2 is 2.05 bits per heavy atom. The number of carboxylic acid groups (broad SMARTS) is 1. The van der Waals surface area contributed by atoms with Crippen molar-refractivity contribution in [1.82, 2.24) is 4.98 Å². The van der Waals surface area contributed by atoms with Crippen LogP contribution in [0, 0.1) is 0 Å². The van der Waals surface area contributed by atoms with E-state index >= 15 is 0 Å². The lowest BCUT2D eigenvalue weighted by molar-refractivity contribution is -0.274. The topological polar surface area (TPSA) is 85.4 Å². The third kappa shape index (κ3) is 3.74. The first-order valence-corrected chi connectivity index (χ1v) is 4.66. The van der Waals surface area contributed by atoms with Crippen molar-refractivity contribution in [2.45, 2.75) is 19.3 Å². The molecule has 0 saturated carbocycles. The minimum absolute atomic E-state index is 0.275. The van der Waals surface area contributed by atoms with E-state index in [1.165, 1.54) is 0 Å². The third-order valence-corrected chi connectivity index (χ3v) is 1.96. The van der Waals surface area contributed by atoms with Crippen molar-refractivity contribution < 1.29 is 36.6 Å². The lowest BCUT2D eigenvalue weighted by Crippen LogP contribution is -2.21. The quantitative estimate of drug-likeness (QED) is 0.828. The Labute approximate surface area is 102 Å². The molecule has 0 aliphatic heterocycles. The number of hydrogen-bond acceptors (Lipinski definition) is 4. The summed E-state index contributed by atoms with van der Waals surface area (Å²) >= 11 is 0. The second kappa shape index (κ2) is 5.34. The molecule has 0 aliphatic rings. The van der Waals surface area contributed by atoms with Gasteiger partial charge < -0.3 is 15.6 Å². The summed E-state index contributed by atoms with van der Waals surface area (Å²) in [4.78, 5) is 13.9. The number of nitrogens with two attached hydrogens (primary N) is 1. The van der Waals surface area contributed by atoms with Crippen LogP contribution in [0.15, 0.2) is 6.07 Å². The normalized spacial score (nSPS) is 11.7. The van der Waals surface area contributed by atoms with Crippen molar-refractivity contribution >= 4 is 5.97 Å². The second-order valence-corrected chi connectivity index (χ2v) is 3.23. The summed E-state index contributed by atoms with van der Waals surface area (Å²) in [6, 6.07) is 0.275. The zero-order valence-electron chi connectivity index (χ0n) is 9.04. The van der Waals surface area contributed by atoms with Crippen LogP contribution in [0.1, 0.15) is 28.2 Å². The van der Waals surface area contributed by atoms with Gasteiger partial charge in [-0.15, -0.1) is 13.2 Å². The van der Waals surface area contributed by atoms with Gasteiger partial charge in [0.1, 0.15) is 0 Å². The zero-order valence-corrected chi connectivity index (χ0v) is 9.04. The highest BCUT2D eigenvalue weighted by Crippen LogP contribution is 2.31. The first-order chi connectivity index (χ1) is 8.65. The van der Waals surface area contributed by atoms with Crippen molar-refractivity contribution in [2.75, 3.05) is 0 Å². The average molecular weight is 286 g/mol. The number of aromatic nitrogens is 1. The zero-order chi connectivity index (χ0) is 14.8. The van der Waals surface area contributed by atoms with Crippen LogP contribution < -0.4 is 10.5 Å². The van der Waals surface area contributed by atoms with Gasteiger partial charge in [0.05, 0.1) is 5.69 Å². The van der Waals surface area contributed by atoms with Crippen molar-refractivity contribution in [3.63, 3.8) is 0 Å². The van der Waals surface area contributed by atoms with Gasteiger partial charge in [-0.05, 0) is 6.07 Å². The lowest BCUT2D eigenvalue weighted by Gasteiger charge is -2.14. The summed E-state index contributed by atoms with van der Waals surface area (Å²) in [6.07, 6.45) is -8.39. The number of aromatic carboxylic acids is 1. The Hall–Kier alpha value is -1.97. The van der Waals surface area contributed by atoms with E-state index in [9.17, 15) is 26.7 Å². The molecule has 0 spiro atoms. The van der Waals surface area contributed by atoms with Crippen LogP contribution in [-0.4, -0.2) is 22.4 Å². The maximum absolute atomic E-state index is 12.6.